The first-order valence-electron chi connectivity index (χ1n) is 6.02. The van der Waals surface area contributed by atoms with Crippen LogP contribution in [-0.2, 0) is 16.1 Å². The van der Waals surface area contributed by atoms with Crippen molar-refractivity contribution in [3.63, 3.8) is 0 Å². The second kappa shape index (κ2) is 6.96. The minimum atomic E-state index is -0.415. The van der Waals surface area contributed by atoms with E-state index in [0.29, 0.717) is 11.4 Å². The molecule has 2 rings (SSSR count). The molecular formula is C15H14BrNO3. The zero-order chi connectivity index (χ0) is 14.4. The Kier molecular flexibility index (Phi) is 5.01. The van der Waals surface area contributed by atoms with Crippen molar-refractivity contribution in [2.75, 3.05) is 12.3 Å². The van der Waals surface area contributed by atoms with E-state index in [1.54, 1.807) is 24.3 Å². The number of hydrogen-bond acceptors (Lipinski definition) is 4. The smallest absolute Gasteiger partial charge is 0.344 e. The van der Waals surface area contributed by atoms with Crippen LogP contribution in [0.5, 0.6) is 5.75 Å². The molecule has 20 heavy (non-hydrogen) atoms. The highest BCUT2D eigenvalue weighted by molar-refractivity contribution is 9.10. The fraction of sp³-hybridized carbons (Fsp3) is 0.133. The van der Waals surface area contributed by atoms with E-state index in [4.69, 9.17) is 15.2 Å². The Labute approximate surface area is 125 Å². The Morgan fingerprint density at radius 3 is 2.60 bits per heavy atom. The van der Waals surface area contributed by atoms with Gasteiger partial charge in [0.15, 0.2) is 6.61 Å². The topological polar surface area (TPSA) is 61.5 Å². The van der Waals surface area contributed by atoms with Crippen molar-refractivity contribution >= 4 is 27.6 Å². The Hall–Kier alpha value is -2.01. The molecule has 2 aromatic rings. The maximum absolute atomic E-state index is 11.6. The van der Waals surface area contributed by atoms with Gasteiger partial charge in [0.1, 0.15) is 12.4 Å². The predicted molar refractivity (Wildman–Crippen MR) is 80.3 cm³/mol. The van der Waals surface area contributed by atoms with Gasteiger partial charge in [0.25, 0.3) is 0 Å². The van der Waals surface area contributed by atoms with E-state index >= 15 is 0 Å². The van der Waals surface area contributed by atoms with Crippen LogP contribution >= 0.6 is 15.9 Å². The van der Waals surface area contributed by atoms with E-state index in [1.807, 2.05) is 24.3 Å². The lowest BCUT2D eigenvalue weighted by Gasteiger charge is -2.07. The normalized spacial score (nSPS) is 10.1. The van der Waals surface area contributed by atoms with Gasteiger partial charge in [0.05, 0.1) is 0 Å². The van der Waals surface area contributed by atoms with Crippen LogP contribution in [0.2, 0.25) is 0 Å². The molecular weight excluding hydrogens is 322 g/mol. The summed E-state index contributed by atoms with van der Waals surface area (Å²) in [4.78, 5) is 11.6. The molecule has 0 bridgehead atoms. The number of nitrogen functional groups attached to an aromatic ring is 1. The highest BCUT2D eigenvalue weighted by atomic mass is 79.9. The third-order valence-electron chi connectivity index (χ3n) is 2.53. The van der Waals surface area contributed by atoms with Crippen LogP contribution < -0.4 is 10.5 Å². The van der Waals surface area contributed by atoms with Gasteiger partial charge in [-0.15, -0.1) is 0 Å². The number of anilines is 1. The van der Waals surface area contributed by atoms with Crippen molar-refractivity contribution in [1.82, 2.24) is 0 Å². The quantitative estimate of drug-likeness (QED) is 0.673. The van der Waals surface area contributed by atoms with Gasteiger partial charge in [0.2, 0.25) is 0 Å². The highest BCUT2D eigenvalue weighted by Crippen LogP contribution is 2.14. The zero-order valence-corrected chi connectivity index (χ0v) is 12.3. The number of carbonyl (C=O) groups is 1. The first-order chi connectivity index (χ1) is 9.63. The van der Waals surface area contributed by atoms with Gasteiger partial charge in [0, 0.05) is 10.2 Å². The Morgan fingerprint density at radius 2 is 1.90 bits per heavy atom. The van der Waals surface area contributed by atoms with Crippen molar-refractivity contribution in [2.45, 2.75) is 6.61 Å². The van der Waals surface area contributed by atoms with Gasteiger partial charge < -0.3 is 15.2 Å². The highest BCUT2D eigenvalue weighted by Gasteiger charge is 2.05. The summed E-state index contributed by atoms with van der Waals surface area (Å²) < 4.78 is 11.4. The van der Waals surface area contributed by atoms with E-state index < -0.39 is 5.97 Å². The van der Waals surface area contributed by atoms with Crippen LogP contribution in [-0.4, -0.2) is 12.6 Å². The summed E-state index contributed by atoms with van der Waals surface area (Å²) in [6.07, 6.45) is 0. The summed E-state index contributed by atoms with van der Waals surface area (Å²) in [6, 6.07) is 14.4. The number of nitrogens with two attached hydrogens (primary N) is 1. The number of halogens is 1. The molecule has 0 aliphatic carbocycles. The van der Waals surface area contributed by atoms with Crippen molar-refractivity contribution in [3.05, 3.63) is 58.6 Å². The Bertz CT molecular complexity index is 584. The fourth-order valence-electron chi connectivity index (χ4n) is 1.54. The number of benzene rings is 2. The molecule has 2 aromatic carbocycles. The van der Waals surface area contributed by atoms with Gasteiger partial charge in [-0.3, -0.25) is 0 Å². The molecule has 0 aliphatic rings. The Morgan fingerprint density at radius 1 is 1.15 bits per heavy atom. The molecule has 0 unspecified atom stereocenters. The lowest BCUT2D eigenvalue weighted by atomic mass is 10.2. The average Bonchev–Trinajstić information content (AvgIpc) is 2.45. The van der Waals surface area contributed by atoms with Crippen LogP contribution in [0, 0.1) is 0 Å². The molecule has 2 N–H and O–H groups in total. The number of rotatable bonds is 5. The van der Waals surface area contributed by atoms with E-state index in [1.165, 1.54) is 0 Å². The summed E-state index contributed by atoms with van der Waals surface area (Å²) in [7, 11) is 0. The second-order valence-electron chi connectivity index (χ2n) is 4.15. The molecule has 4 nitrogen and oxygen atoms in total. The number of hydrogen-bond donors (Lipinski definition) is 1. The van der Waals surface area contributed by atoms with Crippen molar-refractivity contribution < 1.29 is 14.3 Å². The number of esters is 1. The second-order valence-corrected chi connectivity index (χ2v) is 5.06. The maximum Gasteiger partial charge on any atom is 0.344 e. The standard InChI is InChI=1S/C15H14BrNO3/c16-12-3-1-2-11(8-12)9-20-15(18)10-19-14-6-4-13(17)5-7-14/h1-8H,9-10,17H2. The van der Waals surface area contributed by atoms with Crippen molar-refractivity contribution in [2.24, 2.45) is 0 Å². The number of carbonyl (C=O) groups excluding carboxylic acids is 1. The monoisotopic (exact) mass is 335 g/mol. The van der Waals surface area contributed by atoms with Gasteiger partial charge in [-0.05, 0) is 42.0 Å². The zero-order valence-electron chi connectivity index (χ0n) is 10.7. The lowest BCUT2D eigenvalue weighted by molar-refractivity contribution is -0.147. The molecule has 0 amide bonds. The van der Waals surface area contributed by atoms with Crippen LogP contribution in [0.4, 0.5) is 5.69 Å². The molecule has 5 heteroatoms. The third kappa shape index (κ3) is 4.59. The molecule has 0 spiro atoms. The minimum absolute atomic E-state index is 0.127. The summed E-state index contributed by atoms with van der Waals surface area (Å²) in [5.74, 6) is 0.167. The van der Waals surface area contributed by atoms with E-state index in [9.17, 15) is 4.79 Å². The van der Waals surface area contributed by atoms with E-state index in [-0.39, 0.29) is 13.2 Å². The molecule has 0 aromatic heterocycles. The maximum atomic E-state index is 11.6. The summed E-state index contributed by atoms with van der Waals surface area (Å²) >= 11 is 3.36. The molecule has 0 heterocycles. The van der Waals surface area contributed by atoms with Gasteiger partial charge >= 0.3 is 5.97 Å². The average molecular weight is 336 g/mol. The molecule has 0 atom stereocenters. The SMILES string of the molecule is Nc1ccc(OCC(=O)OCc2cccc(Br)c2)cc1. The minimum Gasteiger partial charge on any atom is -0.482 e. The summed E-state index contributed by atoms with van der Waals surface area (Å²) in [6.45, 7) is 0.0985. The van der Waals surface area contributed by atoms with Crippen LogP contribution in [0.15, 0.2) is 53.0 Å². The Balaban J connectivity index is 1.77. The first-order valence-corrected chi connectivity index (χ1v) is 6.81. The van der Waals surface area contributed by atoms with Crippen LogP contribution in [0.1, 0.15) is 5.56 Å². The van der Waals surface area contributed by atoms with E-state index in [2.05, 4.69) is 15.9 Å². The van der Waals surface area contributed by atoms with Crippen molar-refractivity contribution in [3.8, 4) is 5.75 Å². The third-order valence-corrected chi connectivity index (χ3v) is 3.02. The lowest BCUT2D eigenvalue weighted by Crippen LogP contribution is -2.14. The molecule has 0 saturated heterocycles. The molecule has 0 saturated carbocycles. The van der Waals surface area contributed by atoms with Gasteiger partial charge in [-0.25, -0.2) is 4.79 Å². The summed E-state index contributed by atoms with van der Waals surface area (Å²) in [5.41, 5.74) is 7.12. The first kappa shape index (κ1) is 14.4. The van der Waals surface area contributed by atoms with Crippen molar-refractivity contribution in [1.29, 1.82) is 0 Å². The summed E-state index contributed by atoms with van der Waals surface area (Å²) in [5, 5.41) is 0. The van der Waals surface area contributed by atoms with Crippen LogP contribution in [0.3, 0.4) is 0 Å². The van der Waals surface area contributed by atoms with Gasteiger partial charge in [-0.1, -0.05) is 28.1 Å². The van der Waals surface area contributed by atoms with E-state index in [0.717, 1.165) is 10.0 Å². The molecule has 0 aliphatic heterocycles. The predicted octanol–water partition coefficient (Wildman–Crippen LogP) is 3.15. The largest absolute Gasteiger partial charge is 0.482 e. The van der Waals surface area contributed by atoms with Gasteiger partial charge in [-0.2, -0.15) is 0 Å². The van der Waals surface area contributed by atoms with Crippen LogP contribution in [0.25, 0.3) is 0 Å². The molecule has 0 fully saturated rings. The number of ether oxygens (including phenoxy) is 2. The fourth-order valence-corrected chi connectivity index (χ4v) is 1.99. The molecule has 104 valence electrons. The molecule has 0 radical (unpaired) electrons.